The van der Waals surface area contributed by atoms with Gasteiger partial charge in [-0.2, -0.15) is 36.4 Å². The lowest BCUT2D eigenvalue weighted by molar-refractivity contribution is -0.205. The lowest BCUT2D eigenvalue weighted by Crippen LogP contribution is -2.40. The standard InChI is InChI=1S/C23H26F6N8O4/c1-2-39-11-15-17-18(37(35-15)9-10-40-12-22(24,25)26)19(32-16-3-6-30-13-31-16)34-21(33-17)36-7-4-14(5-8-36)41-20(38)23(27,28)29/h3,6,13-14H,2,4-5,7-12H2,1H3,(H,30,31,32,33,34). The third kappa shape index (κ3) is 8.12. The summed E-state index contributed by atoms with van der Waals surface area (Å²) in [5.41, 5.74) is 1.09. The maximum Gasteiger partial charge on any atom is 0.490 e. The minimum Gasteiger partial charge on any atom is -0.456 e. The Balaban J connectivity index is 1.64. The van der Waals surface area contributed by atoms with Gasteiger partial charge in [-0.1, -0.05) is 0 Å². The summed E-state index contributed by atoms with van der Waals surface area (Å²) in [7, 11) is 0. The number of anilines is 3. The third-order valence-corrected chi connectivity index (χ3v) is 5.86. The zero-order valence-corrected chi connectivity index (χ0v) is 21.7. The van der Waals surface area contributed by atoms with Crippen molar-refractivity contribution in [2.75, 3.05) is 43.1 Å². The average Bonchev–Trinajstić information content (AvgIpc) is 3.27. The first kappa shape index (κ1) is 30.2. The van der Waals surface area contributed by atoms with Crippen molar-refractivity contribution in [3.63, 3.8) is 0 Å². The summed E-state index contributed by atoms with van der Waals surface area (Å²) in [6.45, 7) is 0.781. The van der Waals surface area contributed by atoms with Gasteiger partial charge in [0.25, 0.3) is 0 Å². The highest BCUT2D eigenvalue weighted by atomic mass is 19.4. The number of alkyl halides is 6. The van der Waals surface area contributed by atoms with E-state index >= 15 is 0 Å². The van der Waals surface area contributed by atoms with Crippen LogP contribution < -0.4 is 10.2 Å². The van der Waals surface area contributed by atoms with E-state index in [0.717, 1.165) is 0 Å². The molecule has 12 nitrogen and oxygen atoms in total. The molecule has 0 amide bonds. The summed E-state index contributed by atoms with van der Waals surface area (Å²) in [4.78, 5) is 30.2. The normalized spacial score (nSPS) is 15.0. The quantitative estimate of drug-likeness (QED) is 0.199. The first-order chi connectivity index (χ1) is 19.4. The SMILES string of the molecule is CCOCc1nn(CCOCC(F)(F)F)c2c(Nc3ccncn3)nc(N3CCC(OC(=O)C(F)(F)F)CC3)nc12. The van der Waals surface area contributed by atoms with Gasteiger partial charge < -0.3 is 24.4 Å². The highest BCUT2D eigenvalue weighted by Gasteiger charge is 2.42. The molecule has 0 saturated carbocycles. The molecule has 1 fully saturated rings. The lowest BCUT2D eigenvalue weighted by atomic mass is 10.1. The molecule has 1 aliphatic rings. The molecule has 4 rings (SSSR count). The van der Waals surface area contributed by atoms with Crippen molar-refractivity contribution in [3.8, 4) is 0 Å². The molecule has 0 bridgehead atoms. The van der Waals surface area contributed by atoms with Crippen LogP contribution in [0.2, 0.25) is 0 Å². The second-order valence-electron chi connectivity index (χ2n) is 8.85. The van der Waals surface area contributed by atoms with E-state index in [-0.39, 0.29) is 57.5 Å². The van der Waals surface area contributed by atoms with Gasteiger partial charge in [-0.05, 0) is 13.0 Å². The van der Waals surface area contributed by atoms with Crippen LogP contribution >= 0.6 is 0 Å². The van der Waals surface area contributed by atoms with Crippen LogP contribution in [0.15, 0.2) is 18.6 Å². The van der Waals surface area contributed by atoms with Gasteiger partial charge >= 0.3 is 18.3 Å². The number of ether oxygens (including phenoxy) is 3. The van der Waals surface area contributed by atoms with Crippen LogP contribution in [0.5, 0.6) is 0 Å². The van der Waals surface area contributed by atoms with Crippen LogP contribution in [0.1, 0.15) is 25.5 Å². The van der Waals surface area contributed by atoms with Gasteiger partial charge in [0.2, 0.25) is 5.95 Å². The van der Waals surface area contributed by atoms with Gasteiger partial charge in [-0.25, -0.2) is 19.7 Å². The number of carbonyl (C=O) groups excluding carboxylic acids is 1. The first-order valence-corrected chi connectivity index (χ1v) is 12.5. The van der Waals surface area contributed by atoms with Crippen LogP contribution in [0, 0.1) is 0 Å². The van der Waals surface area contributed by atoms with E-state index in [1.54, 1.807) is 17.9 Å². The number of hydrogen-bond acceptors (Lipinski definition) is 11. The number of aromatic nitrogens is 6. The number of halogens is 6. The predicted octanol–water partition coefficient (Wildman–Crippen LogP) is 3.55. The summed E-state index contributed by atoms with van der Waals surface area (Å²) >= 11 is 0. The van der Waals surface area contributed by atoms with E-state index in [1.807, 2.05) is 0 Å². The maximum atomic E-state index is 12.6. The van der Waals surface area contributed by atoms with Gasteiger partial charge in [0, 0.05) is 38.7 Å². The highest BCUT2D eigenvalue weighted by Crippen LogP contribution is 2.30. The Kier molecular flexibility index (Phi) is 9.42. The first-order valence-electron chi connectivity index (χ1n) is 12.5. The molecule has 0 unspecified atom stereocenters. The number of esters is 1. The zero-order valence-electron chi connectivity index (χ0n) is 21.7. The fourth-order valence-electron chi connectivity index (χ4n) is 4.03. The number of carbonyl (C=O) groups is 1. The summed E-state index contributed by atoms with van der Waals surface area (Å²) in [5, 5.41) is 7.55. The van der Waals surface area contributed by atoms with Crippen molar-refractivity contribution in [2.24, 2.45) is 0 Å². The number of piperidine rings is 1. The van der Waals surface area contributed by atoms with Crippen molar-refractivity contribution in [1.29, 1.82) is 0 Å². The third-order valence-electron chi connectivity index (χ3n) is 5.86. The number of fused-ring (bicyclic) bond motifs is 1. The number of rotatable bonds is 11. The summed E-state index contributed by atoms with van der Waals surface area (Å²) in [5.74, 6) is -1.45. The fraction of sp³-hybridized carbons (Fsp3) is 0.565. The van der Waals surface area contributed by atoms with Crippen LogP contribution in [-0.4, -0.2) is 87.1 Å². The topological polar surface area (TPSA) is 129 Å². The minimum atomic E-state index is -5.08. The Hall–Kier alpha value is -3.80. The Morgan fingerprint density at radius 1 is 1.12 bits per heavy atom. The Morgan fingerprint density at radius 2 is 1.88 bits per heavy atom. The Morgan fingerprint density at radius 3 is 2.51 bits per heavy atom. The largest absolute Gasteiger partial charge is 0.490 e. The molecule has 18 heteroatoms. The summed E-state index contributed by atoms with van der Waals surface area (Å²) in [6, 6.07) is 1.57. The molecule has 1 saturated heterocycles. The molecule has 0 spiro atoms. The van der Waals surface area contributed by atoms with Gasteiger partial charge in [0.15, 0.2) is 5.82 Å². The van der Waals surface area contributed by atoms with Crippen LogP contribution in [0.25, 0.3) is 11.0 Å². The molecule has 0 radical (unpaired) electrons. The van der Waals surface area contributed by atoms with Gasteiger partial charge in [0.1, 0.15) is 41.6 Å². The lowest BCUT2D eigenvalue weighted by Gasteiger charge is -2.32. The summed E-state index contributed by atoms with van der Waals surface area (Å²) in [6.07, 6.45) is -7.47. The number of nitrogens with one attached hydrogen (secondary N) is 1. The molecule has 0 aliphatic carbocycles. The maximum absolute atomic E-state index is 12.6. The van der Waals surface area contributed by atoms with E-state index in [4.69, 9.17) is 9.47 Å². The van der Waals surface area contributed by atoms with Crippen LogP contribution in [-0.2, 0) is 32.2 Å². The molecule has 0 aromatic carbocycles. The number of nitrogens with zero attached hydrogens (tertiary/aromatic N) is 7. The molecule has 1 N–H and O–H groups in total. The average molecular weight is 593 g/mol. The molecular weight excluding hydrogens is 566 g/mol. The Bertz CT molecular complexity index is 1310. The van der Waals surface area contributed by atoms with E-state index in [9.17, 15) is 31.1 Å². The second-order valence-corrected chi connectivity index (χ2v) is 8.85. The molecule has 3 aromatic rings. The second kappa shape index (κ2) is 12.8. The number of hydrogen-bond donors (Lipinski definition) is 1. The molecule has 0 atom stereocenters. The van der Waals surface area contributed by atoms with Crippen molar-refractivity contribution in [1.82, 2.24) is 29.7 Å². The summed E-state index contributed by atoms with van der Waals surface area (Å²) < 4.78 is 91.8. The Labute approximate surface area is 229 Å². The molecular formula is C23H26F6N8O4. The highest BCUT2D eigenvalue weighted by molar-refractivity contribution is 5.90. The van der Waals surface area contributed by atoms with E-state index in [2.05, 4.69) is 35.1 Å². The van der Waals surface area contributed by atoms with Gasteiger partial charge in [-0.15, -0.1) is 0 Å². The molecule has 1 aliphatic heterocycles. The van der Waals surface area contributed by atoms with Crippen LogP contribution in [0.4, 0.5) is 43.9 Å². The van der Waals surface area contributed by atoms with E-state index < -0.39 is 31.0 Å². The van der Waals surface area contributed by atoms with Crippen molar-refractivity contribution >= 4 is 34.6 Å². The minimum absolute atomic E-state index is 0.0439. The molecule has 4 heterocycles. The van der Waals surface area contributed by atoms with Crippen molar-refractivity contribution in [2.45, 2.75) is 51.4 Å². The molecule has 3 aromatic heterocycles. The van der Waals surface area contributed by atoms with Crippen molar-refractivity contribution < 1.29 is 45.3 Å². The van der Waals surface area contributed by atoms with Gasteiger partial charge in [-0.3, -0.25) is 4.68 Å². The smallest absolute Gasteiger partial charge is 0.456 e. The van der Waals surface area contributed by atoms with E-state index in [1.165, 1.54) is 17.2 Å². The predicted molar refractivity (Wildman–Crippen MR) is 130 cm³/mol. The fourth-order valence-corrected chi connectivity index (χ4v) is 4.03. The van der Waals surface area contributed by atoms with E-state index in [0.29, 0.717) is 29.2 Å². The zero-order chi connectivity index (χ0) is 29.6. The molecule has 224 valence electrons. The monoisotopic (exact) mass is 592 g/mol. The van der Waals surface area contributed by atoms with Crippen LogP contribution in [0.3, 0.4) is 0 Å². The van der Waals surface area contributed by atoms with Crippen molar-refractivity contribution in [3.05, 3.63) is 24.3 Å². The van der Waals surface area contributed by atoms with Gasteiger partial charge in [0.05, 0.1) is 19.8 Å². The molecule has 41 heavy (non-hydrogen) atoms.